The Morgan fingerprint density at radius 2 is 2.04 bits per heavy atom. The average Bonchev–Trinajstić information content (AvgIpc) is 2.62. The maximum Gasteiger partial charge on any atom is 0.224 e. The van der Waals surface area contributed by atoms with Crippen LogP contribution >= 0.6 is 0 Å². The van der Waals surface area contributed by atoms with Crippen molar-refractivity contribution in [1.29, 1.82) is 0 Å². The molecule has 1 amide bonds. The summed E-state index contributed by atoms with van der Waals surface area (Å²) < 4.78 is 5.39. The van der Waals surface area contributed by atoms with Gasteiger partial charge in [0.25, 0.3) is 0 Å². The third-order valence-corrected chi connectivity index (χ3v) is 4.96. The van der Waals surface area contributed by atoms with Gasteiger partial charge in [-0.1, -0.05) is 12.1 Å². The summed E-state index contributed by atoms with van der Waals surface area (Å²) in [6, 6.07) is 8.22. The lowest BCUT2D eigenvalue weighted by atomic mass is 9.93. The van der Waals surface area contributed by atoms with Crippen LogP contribution in [0.5, 0.6) is 0 Å². The van der Waals surface area contributed by atoms with Crippen LogP contribution in [0.15, 0.2) is 24.3 Å². The maximum atomic E-state index is 12.2. The number of piperidine rings is 1. The molecule has 2 heterocycles. The monoisotopic (exact) mass is 331 g/mol. The number of benzene rings is 1. The van der Waals surface area contributed by atoms with Crippen LogP contribution in [0.25, 0.3) is 0 Å². The number of ether oxygens (including phenoxy) is 1. The molecule has 2 aliphatic heterocycles. The van der Waals surface area contributed by atoms with E-state index in [-0.39, 0.29) is 5.91 Å². The number of hydrogen-bond acceptors (Lipinski definition) is 4. The van der Waals surface area contributed by atoms with Crippen molar-refractivity contribution in [1.82, 2.24) is 10.2 Å². The first-order valence-electron chi connectivity index (χ1n) is 9.19. The van der Waals surface area contributed by atoms with Crippen LogP contribution in [-0.2, 0) is 16.1 Å². The molecule has 0 spiro atoms. The summed E-state index contributed by atoms with van der Waals surface area (Å²) in [5.74, 6) is 0.835. The van der Waals surface area contributed by atoms with Gasteiger partial charge >= 0.3 is 0 Å². The quantitative estimate of drug-likeness (QED) is 0.839. The molecule has 5 nitrogen and oxygen atoms in total. The smallest absolute Gasteiger partial charge is 0.224 e. The predicted molar refractivity (Wildman–Crippen MR) is 96.0 cm³/mol. The summed E-state index contributed by atoms with van der Waals surface area (Å²) in [6.07, 6.45) is 4.02. The standard InChI is InChI=1S/C19H29N3O2/c23-19(5-4-16-6-8-20-9-7-16)21-18-3-1-2-17(14-18)15-22-10-12-24-13-11-22/h1-3,14,16,20H,4-13,15H2,(H,21,23). The Kier molecular flexibility index (Phi) is 6.64. The van der Waals surface area contributed by atoms with Crippen molar-refractivity contribution in [3.05, 3.63) is 29.8 Å². The van der Waals surface area contributed by atoms with Gasteiger partial charge in [-0.15, -0.1) is 0 Å². The van der Waals surface area contributed by atoms with E-state index >= 15 is 0 Å². The molecule has 3 rings (SSSR count). The van der Waals surface area contributed by atoms with E-state index in [4.69, 9.17) is 4.74 Å². The molecule has 2 aliphatic rings. The number of amides is 1. The molecule has 0 aromatic heterocycles. The van der Waals surface area contributed by atoms with Crippen molar-refractivity contribution in [3.63, 3.8) is 0 Å². The zero-order valence-corrected chi connectivity index (χ0v) is 14.4. The number of nitrogens with one attached hydrogen (secondary N) is 2. The third-order valence-electron chi connectivity index (χ3n) is 4.96. The number of nitrogens with zero attached hydrogens (tertiary/aromatic N) is 1. The molecule has 5 heteroatoms. The van der Waals surface area contributed by atoms with Crippen molar-refractivity contribution in [2.75, 3.05) is 44.7 Å². The van der Waals surface area contributed by atoms with Crippen LogP contribution in [0.2, 0.25) is 0 Å². The van der Waals surface area contributed by atoms with Gasteiger partial charge in [0.05, 0.1) is 13.2 Å². The van der Waals surface area contributed by atoms with Gasteiger partial charge in [0.15, 0.2) is 0 Å². The third kappa shape index (κ3) is 5.58. The van der Waals surface area contributed by atoms with E-state index in [1.807, 2.05) is 12.1 Å². The summed E-state index contributed by atoms with van der Waals surface area (Å²) in [5, 5.41) is 6.43. The molecule has 0 atom stereocenters. The Morgan fingerprint density at radius 1 is 1.25 bits per heavy atom. The zero-order chi connectivity index (χ0) is 16.6. The number of anilines is 1. The molecule has 0 radical (unpaired) electrons. The second kappa shape index (κ2) is 9.16. The van der Waals surface area contributed by atoms with E-state index in [1.54, 1.807) is 0 Å². The molecule has 0 saturated carbocycles. The first-order valence-corrected chi connectivity index (χ1v) is 9.19. The first kappa shape index (κ1) is 17.4. The Hall–Kier alpha value is -1.43. The zero-order valence-electron chi connectivity index (χ0n) is 14.4. The normalized spacial score (nSPS) is 20.0. The van der Waals surface area contributed by atoms with Gasteiger partial charge in [0, 0.05) is 31.7 Å². The molecule has 0 unspecified atom stereocenters. The molecular formula is C19H29N3O2. The Balaban J connectivity index is 1.45. The summed E-state index contributed by atoms with van der Waals surface area (Å²) >= 11 is 0. The van der Waals surface area contributed by atoms with Crippen molar-refractivity contribution >= 4 is 11.6 Å². The SMILES string of the molecule is O=C(CCC1CCNCC1)Nc1cccc(CN2CCOCC2)c1. The minimum atomic E-state index is 0.136. The van der Waals surface area contributed by atoms with Gasteiger partial charge in [-0.25, -0.2) is 0 Å². The Bertz CT molecular complexity index is 523. The van der Waals surface area contributed by atoms with E-state index in [1.165, 1.54) is 18.4 Å². The highest BCUT2D eigenvalue weighted by Gasteiger charge is 2.15. The highest BCUT2D eigenvalue weighted by atomic mass is 16.5. The lowest BCUT2D eigenvalue weighted by Crippen LogP contribution is -2.35. The minimum Gasteiger partial charge on any atom is -0.379 e. The second-order valence-corrected chi connectivity index (χ2v) is 6.87. The Morgan fingerprint density at radius 3 is 2.83 bits per heavy atom. The van der Waals surface area contributed by atoms with Crippen LogP contribution in [0, 0.1) is 5.92 Å². The van der Waals surface area contributed by atoms with Crippen molar-refractivity contribution in [2.45, 2.75) is 32.2 Å². The lowest BCUT2D eigenvalue weighted by molar-refractivity contribution is -0.116. The highest BCUT2D eigenvalue weighted by Crippen LogP contribution is 2.19. The van der Waals surface area contributed by atoms with Crippen LogP contribution in [-0.4, -0.2) is 50.2 Å². The average molecular weight is 331 g/mol. The summed E-state index contributed by atoms with van der Waals surface area (Å²) in [5.41, 5.74) is 2.16. The first-order chi connectivity index (χ1) is 11.8. The maximum absolute atomic E-state index is 12.2. The van der Waals surface area contributed by atoms with E-state index < -0.39 is 0 Å². The fraction of sp³-hybridized carbons (Fsp3) is 0.632. The topological polar surface area (TPSA) is 53.6 Å². The van der Waals surface area contributed by atoms with Crippen LogP contribution < -0.4 is 10.6 Å². The number of carbonyl (C=O) groups is 1. The van der Waals surface area contributed by atoms with Crippen LogP contribution in [0.3, 0.4) is 0 Å². The number of carbonyl (C=O) groups excluding carboxylic acids is 1. The van der Waals surface area contributed by atoms with Crippen molar-refractivity contribution in [2.24, 2.45) is 5.92 Å². The van der Waals surface area contributed by atoms with Gasteiger partial charge in [-0.05, 0) is 56.0 Å². The van der Waals surface area contributed by atoms with Crippen LogP contribution in [0.1, 0.15) is 31.2 Å². The van der Waals surface area contributed by atoms with Crippen molar-refractivity contribution < 1.29 is 9.53 Å². The summed E-state index contributed by atoms with van der Waals surface area (Å²) in [7, 11) is 0. The van der Waals surface area contributed by atoms with E-state index in [0.717, 1.165) is 58.0 Å². The summed E-state index contributed by atoms with van der Waals surface area (Å²) in [6.45, 7) is 6.69. The van der Waals surface area contributed by atoms with E-state index in [9.17, 15) is 4.79 Å². The predicted octanol–water partition coefficient (Wildman–Crippen LogP) is 2.24. The lowest BCUT2D eigenvalue weighted by Gasteiger charge is -2.26. The van der Waals surface area contributed by atoms with Gasteiger partial charge in [-0.2, -0.15) is 0 Å². The molecule has 1 aromatic carbocycles. The molecule has 0 aliphatic carbocycles. The van der Waals surface area contributed by atoms with Crippen molar-refractivity contribution in [3.8, 4) is 0 Å². The molecule has 0 bridgehead atoms. The highest BCUT2D eigenvalue weighted by molar-refractivity contribution is 5.90. The molecule has 2 N–H and O–H groups in total. The number of rotatable bonds is 6. The largest absolute Gasteiger partial charge is 0.379 e. The fourth-order valence-electron chi connectivity index (χ4n) is 3.49. The molecule has 2 saturated heterocycles. The fourth-order valence-corrected chi connectivity index (χ4v) is 3.49. The van der Waals surface area contributed by atoms with E-state index in [0.29, 0.717) is 12.3 Å². The number of hydrogen-bond donors (Lipinski definition) is 2. The molecular weight excluding hydrogens is 302 g/mol. The minimum absolute atomic E-state index is 0.136. The second-order valence-electron chi connectivity index (χ2n) is 6.87. The van der Waals surface area contributed by atoms with E-state index in [2.05, 4.69) is 27.7 Å². The summed E-state index contributed by atoms with van der Waals surface area (Å²) in [4.78, 5) is 14.6. The van der Waals surface area contributed by atoms with Gasteiger partial charge in [0.1, 0.15) is 0 Å². The van der Waals surface area contributed by atoms with Gasteiger partial charge in [0.2, 0.25) is 5.91 Å². The van der Waals surface area contributed by atoms with Gasteiger partial charge in [-0.3, -0.25) is 9.69 Å². The number of morpholine rings is 1. The molecule has 1 aromatic rings. The molecule has 2 fully saturated rings. The molecule has 24 heavy (non-hydrogen) atoms. The Labute approximate surface area is 144 Å². The van der Waals surface area contributed by atoms with Crippen LogP contribution in [0.4, 0.5) is 5.69 Å². The molecule has 132 valence electrons. The van der Waals surface area contributed by atoms with Gasteiger partial charge < -0.3 is 15.4 Å².